The van der Waals surface area contributed by atoms with E-state index in [1.165, 1.54) is 0 Å². The summed E-state index contributed by atoms with van der Waals surface area (Å²) in [7, 11) is 1.93. The normalized spacial score (nSPS) is 15.0. The average Bonchev–Trinajstić information content (AvgIpc) is 2.39. The first-order valence-electron chi connectivity index (χ1n) is 9.25. The Morgan fingerprint density at radius 3 is 1.76 bits per heavy atom. The van der Waals surface area contributed by atoms with Crippen LogP contribution in [-0.4, -0.2) is 53.5 Å². The van der Waals surface area contributed by atoms with Crippen molar-refractivity contribution in [3.05, 3.63) is 0 Å². The highest BCUT2D eigenvalue weighted by atomic mass is 16.2. The van der Waals surface area contributed by atoms with Crippen LogP contribution in [0.1, 0.15) is 74.1 Å². The summed E-state index contributed by atoms with van der Waals surface area (Å²) in [5.74, 6) is 0.0506. The minimum Gasteiger partial charge on any atom is -0.351 e. The van der Waals surface area contributed by atoms with E-state index in [1.807, 2.05) is 53.5 Å². The van der Waals surface area contributed by atoms with E-state index >= 15 is 0 Å². The fourth-order valence-electron chi connectivity index (χ4n) is 2.80. The number of nitrogens with zero attached hydrogens (tertiary/aromatic N) is 1. The zero-order valence-electron chi connectivity index (χ0n) is 17.6. The zero-order chi connectivity index (χ0) is 19.9. The summed E-state index contributed by atoms with van der Waals surface area (Å²) < 4.78 is 0. The molecule has 0 aliphatic carbocycles. The maximum Gasteiger partial charge on any atom is 0.221 e. The topological polar surface area (TPSA) is 87.5 Å². The van der Waals surface area contributed by atoms with Crippen LogP contribution in [0.25, 0.3) is 0 Å². The Balaban J connectivity index is 4.18. The number of carbonyl (C=O) groups is 2. The van der Waals surface area contributed by atoms with Crippen molar-refractivity contribution in [2.75, 3.05) is 20.1 Å². The summed E-state index contributed by atoms with van der Waals surface area (Å²) in [5, 5.41) is 6.01. The van der Waals surface area contributed by atoms with Crippen molar-refractivity contribution in [3.8, 4) is 0 Å². The third-order valence-electron chi connectivity index (χ3n) is 4.09. The molecule has 0 saturated heterocycles. The van der Waals surface area contributed by atoms with Crippen LogP contribution in [0.5, 0.6) is 0 Å². The van der Waals surface area contributed by atoms with E-state index in [4.69, 9.17) is 5.73 Å². The van der Waals surface area contributed by atoms with Crippen LogP contribution in [0.4, 0.5) is 0 Å². The smallest absolute Gasteiger partial charge is 0.221 e. The summed E-state index contributed by atoms with van der Waals surface area (Å²) in [6.45, 7) is 15.2. The molecule has 0 fully saturated rings. The Hall–Kier alpha value is -1.14. The molecule has 0 aromatic carbocycles. The van der Waals surface area contributed by atoms with Crippen LogP contribution in [0.3, 0.4) is 0 Å². The average molecular weight is 357 g/mol. The first-order valence-corrected chi connectivity index (χ1v) is 9.25. The van der Waals surface area contributed by atoms with Crippen molar-refractivity contribution in [2.24, 2.45) is 5.73 Å². The second-order valence-electron chi connectivity index (χ2n) is 9.22. The van der Waals surface area contributed by atoms with Gasteiger partial charge in [0.2, 0.25) is 11.8 Å². The number of rotatable bonds is 10. The van der Waals surface area contributed by atoms with Gasteiger partial charge < -0.3 is 21.3 Å². The highest BCUT2D eigenvalue weighted by Crippen LogP contribution is 2.20. The van der Waals surface area contributed by atoms with E-state index in [0.717, 1.165) is 12.8 Å². The van der Waals surface area contributed by atoms with Crippen LogP contribution < -0.4 is 16.4 Å². The van der Waals surface area contributed by atoms with E-state index < -0.39 is 0 Å². The lowest BCUT2D eigenvalue weighted by Gasteiger charge is -2.35. The van der Waals surface area contributed by atoms with Gasteiger partial charge in [-0.1, -0.05) is 6.92 Å². The molecule has 0 saturated carbocycles. The Kier molecular flexibility index (Phi) is 9.09. The molecule has 4 N–H and O–H groups in total. The first-order chi connectivity index (χ1) is 11.2. The van der Waals surface area contributed by atoms with Crippen molar-refractivity contribution in [1.82, 2.24) is 15.5 Å². The lowest BCUT2D eigenvalue weighted by Crippen LogP contribution is -2.51. The van der Waals surface area contributed by atoms with Crippen molar-refractivity contribution in [1.29, 1.82) is 0 Å². The van der Waals surface area contributed by atoms with Crippen molar-refractivity contribution >= 4 is 11.8 Å². The molecular formula is C19H40N4O2. The molecule has 0 aromatic rings. The standard InChI is InChI=1S/C19H40N4O2/c1-9-19(7,20)14-18(5,6)22-16(25)11-13-23(8)12-10-15(24)21-17(2,3)4/h9-14,20H2,1-8H3,(H,21,24)(H,22,25). The van der Waals surface area contributed by atoms with Crippen LogP contribution in [0.2, 0.25) is 0 Å². The molecule has 0 bridgehead atoms. The van der Waals surface area contributed by atoms with E-state index in [1.54, 1.807) is 0 Å². The van der Waals surface area contributed by atoms with Crippen molar-refractivity contribution < 1.29 is 9.59 Å². The molecule has 0 aromatic heterocycles. The highest BCUT2D eigenvalue weighted by Gasteiger charge is 2.29. The van der Waals surface area contributed by atoms with Crippen LogP contribution in [-0.2, 0) is 9.59 Å². The molecule has 0 heterocycles. The molecule has 0 aliphatic heterocycles. The van der Waals surface area contributed by atoms with Gasteiger partial charge in [-0.15, -0.1) is 0 Å². The molecule has 1 unspecified atom stereocenters. The Morgan fingerprint density at radius 1 is 0.920 bits per heavy atom. The summed E-state index contributed by atoms with van der Waals surface area (Å²) >= 11 is 0. The van der Waals surface area contributed by atoms with Gasteiger partial charge in [-0.2, -0.15) is 0 Å². The monoisotopic (exact) mass is 356 g/mol. The van der Waals surface area contributed by atoms with Gasteiger partial charge in [0.05, 0.1) is 0 Å². The summed E-state index contributed by atoms with van der Waals surface area (Å²) in [6, 6.07) is 0. The second-order valence-corrected chi connectivity index (χ2v) is 9.22. The Morgan fingerprint density at radius 2 is 1.36 bits per heavy atom. The SMILES string of the molecule is CCC(C)(N)CC(C)(C)NC(=O)CCN(C)CCC(=O)NC(C)(C)C. The minimum atomic E-state index is -0.332. The van der Waals surface area contributed by atoms with Gasteiger partial charge in [0, 0.05) is 42.5 Å². The van der Waals surface area contributed by atoms with Crippen LogP contribution in [0.15, 0.2) is 0 Å². The Labute approximate surface area is 154 Å². The van der Waals surface area contributed by atoms with E-state index in [2.05, 4.69) is 17.6 Å². The van der Waals surface area contributed by atoms with Gasteiger partial charge in [0.1, 0.15) is 0 Å². The van der Waals surface area contributed by atoms with Gasteiger partial charge in [-0.3, -0.25) is 9.59 Å². The molecule has 1 atom stereocenters. The third-order valence-corrected chi connectivity index (χ3v) is 4.09. The highest BCUT2D eigenvalue weighted by molar-refractivity contribution is 5.77. The molecule has 0 aliphatic rings. The molecule has 148 valence electrons. The van der Waals surface area contributed by atoms with Crippen LogP contribution in [0, 0.1) is 0 Å². The molecule has 6 heteroatoms. The van der Waals surface area contributed by atoms with Gasteiger partial charge in [0.25, 0.3) is 0 Å². The second kappa shape index (κ2) is 9.53. The largest absolute Gasteiger partial charge is 0.351 e. The fraction of sp³-hybridized carbons (Fsp3) is 0.895. The third kappa shape index (κ3) is 12.8. The maximum absolute atomic E-state index is 12.2. The first kappa shape index (κ1) is 23.9. The predicted molar refractivity (Wildman–Crippen MR) is 104 cm³/mol. The fourth-order valence-corrected chi connectivity index (χ4v) is 2.80. The van der Waals surface area contributed by atoms with Crippen LogP contribution >= 0.6 is 0 Å². The number of amides is 2. The number of carbonyl (C=O) groups excluding carboxylic acids is 2. The van der Waals surface area contributed by atoms with Gasteiger partial charge >= 0.3 is 0 Å². The van der Waals surface area contributed by atoms with Gasteiger partial charge in [0.15, 0.2) is 0 Å². The quantitative estimate of drug-likeness (QED) is 0.559. The molecular weight excluding hydrogens is 316 g/mol. The minimum absolute atomic E-state index is 0.0166. The number of nitrogens with one attached hydrogen (secondary N) is 2. The zero-order valence-corrected chi connectivity index (χ0v) is 17.6. The van der Waals surface area contributed by atoms with Crippen molar-refractivity contribution in [2.45, 2.75) is 90.8 Å². The maximum atomic E-state index is 12.2. The lowest BCUT2D eigenvalue weighted by atomic mass is 9.84. The van der Waals surface area contributed by atoms with E-state index in [9.17, 15) is 9.59 Å². The Bertz CT molecular complexity index is 439. The molecule has 6 nitrogen and oxygen atoms in total. The molecule has 0 spiro atoms. The number of nitrogens with two attached hydrogens (primary N) is 1. The van der Waals surface area contributed by atoms with E-state index in [-0.39, 0.29) is 28.4 Å². The molecule has 25 heavy (non-hydrogen) atoms. The molecule has 0 rings (SSSR count). The lowest BCUT2D eigenvalue weighted by molar-refractivity contribution is -0.123. The van der Waals surface area contributed by atoms with Gasteiger partial charge in [-0.25, -0.2) is 0 Å². The number of hydrogen-bond donors (Lipinski definition) is 3. The summed E-state index contributed by atoms with van der Waals surface area (Å²) in [6.07, 6.45) is 2.44. The molecule has 0 radical (unpaired) electrons. The molecule has 2 amide bonds. The van der Waals surface area contributed by atoms with Gasteiger partial charge in [-0.05, 0) is 61.4 Å². The summed E-state index contributed by atoms with van der Waals surface area (Å²) in [4.78, 5) is 26.0. The predicted octanol–water partition coefficient (Wildman–Crippen LogP) is 2.03. The summed E-state index contributed by atoms with van der Waals surface area (Å²) in [5.41, 5.74) is 5.39. The number of hydrogen-bond acceptors (Lipinski definition) is 4. The van der Waals surface area contributed by atoms with Crippen molar-refractivity contribution in [3.63, 3.8) is 0 Å². The van der Waals surface area contributed by atoms with E-state index in [0.29, 0.717) is 25.9 Å².